The van der Waals surface area contributed by atoms with E-state index in [1.54, 1.807) is 0 Å². The molecule has 1 N–H and O–H groups in total. The summed E-state index contributed by atoms with van der Waals surface area (Å²) in [4.78, 5) is 12.6. The zero-order valence-electron chi connectivity index (χ0n) is 15.7. The second-order valence-electron chi connectivity index (χ2n) is 6.65. The Bertz CT molecular complexity index is 956. The average Bonchev–Trinajstić information content (AvgIpc) is 2.66. The highest BCUT2D eigenvalue weighted by molar-refractivity contribution is 8.00. The largest absolute Gasteiger partial charge is 0.476 e. The van der Waals surface area contributed by atoms with Crippen LogP contribution in [0, 0.1) is 13.8 Å². The number of hydrogen-bond donors (Lipinski definition) is 1. The lowest BCUT2D eigenvalue weighted by Crippen LogP contribution is -2.24. The molecule has 2 aromatic carbocycles. The highest BCUT2D eigenvalue weighted by atomic mass is 32.2. The molecule has 1 aliphatic heterocycles. The molecule has 5 nitrogen and oxygen atoms in total. The number of fused-ring (bicyclic) bond motifs is 4. The number of likely N-dealkylation sites (N-methyl/N-ethyl adjacent to an activating group) is 1. The standard InChI is InChI=1S/C21H22N4OS/c1-14-6-4-7-15(2)20(14)18-13-19-23-21(22-18)24-27-17-9-5-8-16(12-17)25(3)10-11-26-19/h4-9,12-13H,10-11H2,1-3H3,(H,22,23,24). The highest BCUT2D eigenvalue weighted by Crippen LogP contribution is 2.31. The molecule has 27 heavy (non-hydrogen) atoms. The quantitative estimate of drug-likeness (QED) is 0.619. The predicted octanol–water partition coefficient (Wildman–Crippen LogP) is 4.71. The molecule has 0 atom stereocenters. The molecule has 2 heterocycles. The summed E-state index contributed by atoms with van der Waals surface area (Å²) in [6, 6.07) is 16.6. The van der Waals surface area contributed by atoms with Crippen molar-refractivity contribution in [3.05, 3.63) is 59.7 Å². The van der Waals surface area contributed by atoms with Crippen molar-refractivity contribution < 1.29 is 4.74 Å². The number of nitrogens with one attached hydrogen (secondary N) is 1. The van der Waals surface area contributed by atoms with Crippen molar-refractivity contribution in [1.29, 1.82) is 0 Å². The topological polar surface area (TPSA) is 50.3 Å². The third kappa shape index (κ3) is 3.85. The first-order valence-corrected chi connectivity index (χ1v) is 9.74. The molecular formula is C21H22N4OS. The van der Waals surface area contributed by atoms with E-state index in [0.717, 1.165) is 28.4 Å². The Morgan fingerprint density at radius 2 is 1.81 bits per heavy atom. The number of anilines is 2. The van der Waals surface area contributed by atoms with Crippen molar-refractivity contribution in [2.45, 2.75) is 18.7 Å². The van der Waals surface area contributed by atoms with Crippen LogP contribution >= 0.6 is 11.9 Å². The maximum atomic E-state index is 5.96. The SMILES string of the molecule is Cc1cccc(C)c1-c1cc2nc(n1)NSc1cccc(c1)N(C)CCO2. The minimum absolute atomic E-state index is 0.550. The van der Waals surface area contributed by atoms with Crippen LogP contribution in [-0.4, -0.2) is 30.2 Å². The lowest BCUT2D eigenvalue weighted by Gasteiger charge is -2.21. The van der Waals surface area contributed by atoms with Crippen LogP contribution in [0.5, 0.6) is 5.88 Å². The molecule has 6 heteroatoms. The van der Waals surface area contributed by atoms with Crippen LogP contribution in [0.1, 0.15) is 11.1 Å². The molecule has 0 radical (unpaired) electrons. The summed E-state index contributed by atoms with van der Waals surface area (Å²) >= 11 is 1.50. The Morgan fingerprint density at radius 1 is 1.04 bits per heavy atom. The first-order chi connectivity index (χ1) is 13.1. The van der Waals surface area contributed by atoms with E-state index in [0.29, 0.717) is 18.4 Å². The minimum atomic E-state index is 0.550. The maximum Gasteiger partial charge on any atom is 0.237 e. The second-order valence-corrected chi connectivity index (χ2v) is 7.53. The average molecular weight is 379 g/mol. The van der Waals surface area contributed by atoms with Gasteiger partial charge in [0.2, 0.25) is 11.8 Å². The van der Waals surface area contributed by atoms with Gasteiger partial charge in [0.1, 0.15) is 6.61 Å². The van der Waals surface area contributed by atoms with Gasteiger partial charge in [-0.25, -0.2) is 4.98 Å². The molecule has 1 aromatic heterocycles. The minimum Gasteiger partial charge on any atom is -0.476 e. The van der Waals surface area contributed by atoms with E-state index in [1.807, 2.05) is 6.07 Å². The predicted molar refractivity (Wildman–Crippen MR) is 112 cm³/mol. The van der Waals surface area contributed by atoms with Crippen LogP contribution in [-0.2, 0) is 0 Å². The van der Waals surface area contributed by atoms with E-state index in [9.17, 15) is 0 Å². The van der Waals surface area contributed by atoms with E-state index in [2.05, 4.69) is 78.0 Å². The number of ether oxygens (including phenoxy) is 1. The van der Waals surface area contributed by atoms with Gasteiger partial charge in [-0.15, -0.1) is 0 Å². The molecule has 4 rings (SSSR count). The van der Waals surface area contributed by atoms with Gasteiger partial charge in [0.05, 0.1) is 12.2 Å². The van der Waals surface area contributed by atoms with Crippen molar-refractivity contribution in [2.75, 3.05) is 29.8 Å². The van der Waals surface area contributed by atoms with Crippen molar-refractivity contribution in [1.82, 2.24) is 9.97 Å². The zero-order valence-corrected chi connectivity index (χ0v) is 16.5. The van der Waals surface area contributed by atoms with Crippen molar-refractivity contribution >= 4 is 23.6 Å². The molecule has 4 bridgehead atoms. The summed E-state index contributed by atoms with van der Waals surface area (Å²) in [7, 11) is 2.07. The first-order valence-electron chi connectivity index (χ1n) is 8.93. The van der Waals surface area contributed by atoms with Gasteiger partial charge < -0.3 is 9.64 Å². The third-order valence-electron chi connectivity index (χ3n) is 4.64. The number of aryl methyl sites for hydroxylation is 2. The van der Waals surface area contributed by atoms with Gasteiger partial charge in [0.15, 0.2) is 0 Å². The summed E-state index contributed by atoms with van der Waals surface area (Å²) in [6.45, 7) is 5.54. The van der Waals surface area contributed by atoms with Crippen LogP contribution in [0.2, 0.25) is 0 Å². The Morgan fingerprint density at radius 3 is 2.63 bits per heavy atom. The molecule has 0 unspecified atom stereocenters. The molecule has 138 valence electrons. The molecule has 0 fully saturated rings. The number of aromatic nitrogens is 2. The van der Waals surface area contributed by atoms with Crippen LogP contribution in [0.4, 0.5) is 11.6 Å². The van der Waals surface area contributed by atoms with Gasteiger partial charge in [-0.1, -0.05) is 24.3 Å². The number of nitrogens with zero attached hydrogens (tertiary/aromatic N) is 3. The molecule has 1 aliphatic rings. The van der Waals surface area contributed by atoms with E-state index >= 15 is 0 Å². The first kappa shape index (κ1) is 17.7. The summed E-state index contributed by atoms with van der Waals surface area (Å²) < 4.78 is 9.23. The van der Waals surface area contributed by atoms with Crippen molar-refractivity contribution in [3.63, 3.8) is 0 Å². The molecule has 0 saturated carbocycles. The van der Waals surface area contributed by atoms with Crippen LogP contribution in [0.3, 0.4) is 0 Å². The van der Waals surface area contributed by atoms with Gasteiger partial charge in [-0.2, -0.15) is 4.98 Å². The summed E-state index contributed by atoms with van der Waals surface area (Å²) in [5.41, 5.74) is 5.53. The highest BCUT2D eigenvalue weighted by Gasteiger charge is 2.13. The third-order valence-corrected chi connectivity index (χ3v) is 5.41. The fourth-order valence-electron chi connectivity index (χ4n) is 3.20. The monoisotopic (exact) mass is 378 g/mol. The second kappa shape index (κ2) is 7.48. The fourth-order valence-corrected chi connectivity index (χ4v) is 3.82. The Hall–Kier alpha value is -2.73. The molecule has 0 saturated heterocycles. The Balaban J connectivity index is 1.75. The molecule has 0 aliphatic carbocycles. The summed E-state index contributed by atoms with van der Waals surface area (Å²) in [5, 5.41) is 0. The lowest BCUT2D eigenvalue weighted by molar-refractivity contribution is 0.313. The van der Waals surface area contributed by atoms with Crippen molar-refractivity contribution in [3.8, 4) is 17.1 Å². The maximum absolute atomic E-state index is 5.96. The molecular weight excluding hydrogens is 356 g/mol. The van der Waals surface area contributed by atoms with Gasteiger partial charge in [0.25, 0.3) is 0 Å². The smallest absolute Gasteiger partial charge is 0.237 e. The molecule has 0 amide bonds. The van der Waals surface area contributed by atoms with Crippen molar-refractivity contribution in [2.24, 2.45) is 0 Å². The van der Waals surface area contributed by atoms with Crippen LogP contribution in [0.15, 0.2) is 53.4 Å². The normalized spacial score (nSPS) is 13.8. The number of benzene rings is 2. The summed E-state index contributed by atoms with van der Waals surface area (Å²) in [5.74, 6) is 1.14. The number of hydrogen-bond acceptors (Lipinski definition) is 6. The van der Waals surface area contributed by atoms with Gasteiger partial charge in [-0.3, -0.25) is 4.72 Å². The van der Waals surface area contributed by atoms with Gasteiger partial charge in [-0.05, 0) is 55.1 Å². The van der Waals surface area contributed by atoms with Gasteiger partial charge >= 0.3 is 0 Å². The van der Waals surface area contributed by atoms with E-state index in [-0.39, 0.29) is 0 Å². The van der Waals surface area contributed by atoms with E-state index in [1.165, 1.54) is 23.1 Å². The molecule has 3 aromatic rings. The Labute approximate surface area is 163 Å². The fraction of sp³-hybridized carbons (Fsp3) is 0.238. The number of rotatable bonds is 1. The van der Waals surface area contributed by atoms with Gasteiger partial charge in [0, 0.05) is 29.3 Å². The molecule has 0 spiro atoms. The Kier molecular flexibility index (Phi) is 4.90. The zero-order chi connectivity index (χ0) is 18.8. The van der Waals surface area contributed by atoms with Crippen LogP contribution in [0.25, 0.3) is 11.3 Å². The van der Waals surface area contributed by atoms with Crippen LogP contribution < -0.4 is 14.4 Å². The van der Waals surface area contributed by atoms with E-state index < -0.39 is 0 Å². The summed E-state index contributed by atoms with van der Waals surface area (Å²) in [6.07, 6.45) is 0. The van der Waals surface area contributed by atoms with E-state index in [4.69, 9.17) is 9.72 Å². The lowest BCUT2D eigenvalue weighted by atomic mass is 10.00.